The van der Waals surface area contributed by atoms with Gasteiger partial charge in [0, 0.05) is 35.2 Å². The molecule has 5 rings (SSSR count). The highest BCUT2D eigenvalue weighted by atomic mass is 35.5. The fraction of sp³-hybridized carbons (Fsp3) is 0.323. The summed E-state index contributed by atoms with van der Waals surface area (Å²) in [5, 5.41) is 10.5. The molecule has 1 saturated heterocycles. The number of nitrogens with zero attached hydrogens (tertiary/aromatic N) is 1. The zero-order chi connectivity index (χ0) is 27.5. The molecule has 1 aliphatic carbocycles. The van der Waals surface area contributed by atoms with E-state index in [0.717, 1.165) is 41.6 Å². The zero-order valence-corrected chi connectivity index (χ0v) is 24.1. The molecule has 40 heavy (non-hydrogen) atoms. The summed E-state index contributed by atoms with van der Waals surface area (Å²) in [6.07, 6.45) is 3.24. The molecule has 1 atom stereocenters. The summed E-state index contributed by atoms with van der Waals surface area (Å²) < 4.78 is 34.6. The summed E-state index contributed by atoms with van der Waals surface area (Å²) in [6.45, 7) is 1.89. The predicted octanol–water partition coefficient (Wildman–Crippen LogP) is 8.36. The van der Waals surface area contributed by atoms with Crippen LogP contribution in [0.15, 0.2) is 54.6 Å². The van der Waals surface area contributed by atoms with Crippen molar-refractivity contribution in [1.82, 2.24) is 4.90 Å². The third-order valence-electron chi connectivity index (χ3n) is 7.40. The van der Waals surface area contributed by atoms with E-state index in [-0.39, 0.29) is 30.7 Å². The number of carboxylic acid groups (broad SMARTS) is 1. The molecular weight excluding hydrogens is 579 g/mol. The van der Waals surface area contributed by atoms with Gasteiger partial charge in [0.05, 0.1) is 12.2 Å². The van der Waals surface area contributed by atoms with E-state index in [4.69, 9.17) is 27.9 Å². The van der Waals surface area contributed by atoms with Gasteiger partial charge in [-0.1, -0.05) is 35.3 Å². The lowest BCUT2D eigenvalue weighted by Crippen LogP contribution is -2.26. The van der Waals surface area contributed by atoms with Crippen molar-refractivity contribution in [3.63, 3.8) is 0 Å². The maximum absolute atomic E-state index is 15.7. The number of fused-ring (bicyclic) bond motifs is 1. The third kappa shape index (κ3) is 6.63. The number of rotatable bonds is 8. The number of halogens is 5. The summed E-state index contributed by atoms with van der Waals surface area (Å²) in [4.78, 5) is 13.9. The fourth-order valence-corrected chi connectivity index (χ4v) is 6.10. The van der Waals surface area contributed by atoms with Crippen molar-refractivity contribution in [2.45, 2.75) is 38.2 Å². The van der Waals surface area contributed by atoms with Gasteiger partial charge in [-0.05, 0) is 102 Å². The van der Waals surface area contributed by atoms with E-state index in [2.05, 4.69) is 4.90 Å². The lowest BCUT2D eigenvalue weighted by atomic mass is 9.87. The minimum Gasteiger partial charge on any atom is -0.489 e. The molecule has 3 aromatic carbocycles. The molecule has 3 aromatic rings. The Morgan fingerprint density at radius 3 is 2.58 bits per heavy atom. The molecule has 0 amide bonds. The molecule has 2 aliphatic rings. The van der Waals surface area contributed by atoms with Gasteiger partial charge in [0.1, 0.15) is 17.7 Å². The van der Waals surface area contributed by atoms with Crippen LogP contribution in [0.25, 0.3) is 11.1 Å². The summed E-state index contributed by atoms with van der Waals surface area (Å²) in [6, 6.07) is 15.0. The van der Waals surface area contributed by atoms with Crippen LogP contribution in [0.3, 0.4) is 0 Å². The van der Waals surface area contributed by atoms with Gasteiger partial charge in [0.15, 0.2) is 0 Å². The second kappa shape index (κ2) is 13.3. The first-order chi connectivity index (χ1) is 18.8. The average Bonchev–Trinajstić information content (AvgIpc) is 3.27. The first-order valence-electron chi connectivity index (χ1n) is 13.1. The Labute approximate surface area is 249 Å². The maximum Gasteiger partial charge on any atom is 0.335 e. The standard InChI is InChI=1S/C31H29Cl2F2NO3.ClH/c32-21-6-9-25(28(33)16-21)26-4-1-3-19-15-20(31(37)38)5-8-24(19)30(26)27-17-22(7-10-29(27)35)39-23-11-14-36(18-23)13-2-12-34;/h5-10,15-17,23H,1-4,11-14,18H2,(H,37,38);1H/t23-;/m1./s1. The number of hydrogen-bond donors (Lipinski definition) is 1. The molecule has 4 nitrogen and oxygen atoms in total. The maximum atomic E-state index is 15.7. The minimum atomic E-state index is -1.01. The fourth-order valence-electron chi connectivity index (χ4n) is 5.57. The van der Waals surface area contributed by atoms with Gasteiger partial charge in [0.25, 0.3) is 0 Å². The summed E-state index contributed by atoms with van der Waals surface area (Å²) in [5.74, 6) is -0.871. The second-order valence-corrected chi connectivity index (χ2v) is 10.9. The van der Waals surface area contributed by atoms with E-state index in [1.807, 2.05) is 6.07 Å². The smallest absolute Gasteiger partial charge is 0.335 e. The molecule has 1 fully saturated rings. The molecule has 1 aliphatic heterocycles. The molecule has 212 valence electrons. The highest BCUT2D eigenvalue weighted by molar-refractivity contribution is 6.36. The second-order valence-electron chi connectivity index (χ2n) is 10.0. The van der Waals surface area contributed by atoms with Crippen molar-refractivity contribution < 1.29 is 23.4 Å². The number of hydrogen-bond acceptors (Lipinski definition) is 3. The van der Waals surface area contributed by atoms with E-state index in [0.29, 0.717) is 59.3 Å². The summed E-state index contributed by atoms with van der Waals surface area (Å²) >= 11 is 12.8. The van der Waals surface area contributed by atoms with Crippen LogP contribution in [0, 0.1) is 5.82 Å². The molecule has 1 N–H and O–H groups in total. The Morgan fingerprint density at radius 2 is 1.82 bits per heavy atom. The summed E-state index contributed by atoms with van der Waals surface area (Å²) in [7, 11) is 0. The predicted molar refractivity (Wildman–Crippen MR) is 158 cm³/mol. The van der Waals surface area contributed by atoms with Gasteiger partial charge < -0.3 is 9.84 Å². The number of benzene rings is 3. The molecule has 0 spiro atoms. The van der Waals surface area contributed by atoms with Gasteiger partial charge >= 0.3 is 5.97 Å². The molecule has 0 bridgehead atoms. The van der Waals surface area contributed by atoms with Crippen molar-refractivity contribution in [3.05, 3.63) is 98.3 Å². The van der Waals surface area contributed by atoms with Crippen LogP contribution in [-0.2, 0) is 6.42 Å². The Kier molecular flexibility index (Phi) is 10.1. The van der Waals surface area contributed by atoms with E-state index < -0.39 is 11.8 Å². The Hall–Kier alpha value is -2.64. The molecule has 0 radical (unpaired) electrons. The van der Waals surface area contributed by atoms with Crippen molar-refractivity contribution >= 4 is 52.7 Å². The normalized spacial score (nSPS) is 17.2. The Bertz CT molecular complexity index is 1430. The van der Waals surface area contributed by atoms with Crippen LogP contribution >= 0.6 is 35.6 Å². The number of aryl methyl sites for hydroxylation is 1. The van der Waals surface area contributed by atoms with E-state index in [1.54, 1.807) is 42.5 Å². The first-order valence-corrected chi connectivity index (χ1v) is 13.9. The van der Waals surface area contributed by atoms with Gasteiger partial charge in [-0.3, -0.25) is 9.29 Å². The molecular formula is C31H30Cl3F2NO3. The van der Waals surface area contributed by atoms with E-state index in [1.165, 1.54) is 6.07 Å². The van der Waals surface area contributed by atoms with Crippen LogP contribution in [0.5, 0.6) is 5.75 Å². The molecule has 1 heterocycles. The van der Waals surface area contributed by atoms with Crippen molar-refractivity contribution in [2.75, 3.05) is 26.3 Å². The molecule has 0 unspecified atom stereocenters. The van der Waals surface area contributed by atoms with Crippen LogP contribution in [0.2, 0.25) is 10.0 Å². The lowest BCUT2D eigenvalue weighted by Gasteiger charge is -2.20. The van der Waals surface area contributed by atoms with E-state index in [9.17, 15) is 14.3 Å². The first kappa shape index (κ1) is 30.3. The van der Waals surface area contributed by atoms with Gasteiger partial charge in [-0.2, -0.15) is 0 Å². The van der Waals surface area contributed by atoms with Gasteiger partial charge in [0.2, 0.25) is 0 Å². The minimum absolute atomic E-state index is 0. The average molecular weight is 609 g/mol. The number of likely N-dealkylation sites (tertiary alicyclic amines) is 1. The molecule has 0 saturated carbocycles. The number of ether oxygens (including phenoxy) is 1. The zero-order valence-electron chi connectivity index (χ0n) is 21.8. The van der Waals surface area contributed by atoms with Crippen LogP contribution in [-0.4, -0.2) is 48.4 Å². The quantitative estimate of drug-likeness (QED) is 0.279. The number of alkyl halides is 1. The topological polar surface area (TPSA) is 49.8 Å². The summed E-state index contributed by atoms with van der Waals surface area (Å²) in [5.41, 5.74) is 4.47. The Morgan fingerprint density at radius 1 is 1.02 bits per heavy atom. The third-order valence-corrected chi connectivity index (χ3v) is 7.95. The SMILES string of the molecule is Cl.O=C(O)c1ccc2c(c1)CCCC(c1ccc(Cl)cc1Cl)=C2c1cc(O[C@@H]2CCN(CCCF)C2)ccc1F. The van der Waals surface area contributed by atoms with Crippen LogP contribution in [0.4, 0.5) is 8.78 Å². The van der Waals surface area contributed by atoms with Crippen molar-refractivity contribution in [2.24, 2.45) is 0 Å². The number of aromatic carboxylic acids is 1. The Balaban J connectivity index is 0.00000370. The monoisotopic (exact) mass is 607 g/mol. The van der Waals surface area contributed by atoms with E-state index >= 15 is 4.39 Å². The number of carboxylic acids is 1. The number of carbonyl (C=O) groups is 1. The van der Waals surface area contributed by atoms with Crippen molar-refractivity contribution in [1.29, 1.82) is 0 Å². The lowest BCUT2D eigenvalue weighted by molar-refractivity contribution is 0.0696. The van der Waals surface area contributed by atoms with Crippen LogP contribution < -0.4 is 4.74 Å². The van der Waals surface area contributed by atoms with Gasteiger partial charge in [-0.25, -0.2) is 9.18 Å². The number of allylic oxidation sites excluding steroid dienone is 1. The molecule has 0 aromatic heterocycles. The van der Waals surface area contributed by atoms with Crippen molar-refractivity contribution in [3.8, 4) is 5.75 Å². The molecule has 9 heteroatoms. The highest BCUT2D eigenvalue weighted by Gasteiger charge is 2.27. The highest BCUT2D eigenvalue weighted by Crippen LogP contribution is 2.44. The largest absolute Gasteiger partial charge is 0.489 e. The van der Waals surface area contributed by atoms with Crippen LogP contribution in [0.1, 0.15) is 58.3 Å². The van der Waals surface area contributed by atoms with Gasteiger partial charge in [-0.15, -0.1) is 12.4 Å².